The van der Waals surface area contributed by atoms with Crippen LogP contribution >= 0.6 is 0 Å². The Hall–Kier alpha value is -2.58. The number of fused-ring (bicyclic) bond motifs is 1. The second-order valence-corrected chi connectivity index (χ2v) is 10.3. The molecule has 9 heteroatoms. The van der Waals surface area contributed by atoms with Crippen LogP contribution in [0.1, 0.15) is 102 Å². The van der Waals surface area contributed by atoms with Crippen LogP contribution < -0.4 is 9.64 Å². The first-order valence-corrected chi connectivity index (χ1v) is 12.9. The lowest BCUT2D eigenvalue weighted by Gasteiger charge is -2.41. The van der Waals surface area contributed by atoms with Crippen molar-refractivity contribution in [2.45, 2.75) is 110 Å². The molecule has 0 bridgehead atoms. The first kappa shape index (κ1) is 28.0. The number of rotatable bonds is 8. The van der Waals surface area contributed by atoms with Gasteiger partial charge in [-0.2, -0.15) is 13.2 Å². The van der Waals surface area contributed by atoms with Gasteiger partial charge in [0, 0.05) is 18.6 Å². The van der Waals surface area contributed by atoms with Crippen LogP contribution in [-0.2, 0) is 15.8 Å². The second-order valence-electron chi connectivity index (χ2n) is 10.3. The summed E-state index contributed by atoms with van der Waals surface area (Å²) in [5.74, 6) is -2.16. The van der Waals surface area contributed by atoms with Crippen LogP contribution in [-0.4, -0.2) is 46.7 Å². The Balaban J connectivity index is 2.18. The molecule has 0 saturated heterocycles. The Bertz CT molecular complexity index is 1000. The third-order valence-electron chi connectivity index (χ3n) is 7.31. The van der Waals surface area contributed by atoms with E-state index in [-0.39, 0.29) is 30.1 Å². The fourth-order valence-corrected chi connectivity index (χ4v) is 5.19. The van der Waals surface area contributed by atoms with Crippen LogP contribution in [0.15, 0.2) is 12.1 Å². The predicted molar refractivity (Wildman–Crippen MR) is 131 cm³/mol. The summed E-state index contributed by atoms with van der Waals surface area (Å²) in [4.78, 5) is 42.3. The molecular formula is C27H37F3N2O4. The number of ether oxygens (including phenoxy) is 1. The smallest absolute Gasteiger partial charge is 0.417 e. The average Bonchev–Trinajstić information content (AvgIpc) is 2.80. The quantitative estimate of drug-likeness (QED) is 0.311. The van der Waals surface area contributed by atoms with Gasteiger partial charge < -0.3 is 14.5 Å². The first-order valence-electron chi connectivity index (χ1n) is 12.9. The van der Waals surface area contributed by atoms with Crippen LogP contribution in [0.2, 0.25) is 0 Å². The van der Waals surface area contributed by atoms with E-state index in [9.17, 15) is 27.6 Å². The van der Waals surface area contributed by atoms with E-state index >= 15 is 0 Å². The van der Waals surface area contributed by atoms with E-state index in [1.165, 1.54) is 18.7 Å². The molecule has 1 aromatic carbocycles. The number of benzene rings is 1. The van der Waals surface area contributed by atoms with Gasteiger partial charge in [0.15, 0.2) is 5.78 Å². The van der Waals surface area contributed by atoms with E-state index in [0.717, 1.165) is 57.1 Å². The highest BCUT2D eigenvalue weighted by atomic mass is 19.4. The zero-order valence-corrected chi connectivity index (χ0v) is 21.8. The summed E-state index contributed by atoms with van der Waals surface area (Å²) < 4.78 is 48.5. The maximum absolute atomic E-state index is 14.3. The Morgan fingerprint density at radius 1 is 1.17 bits per heavy atom. The van der Waals surface area contributed by atoms with Gasteiger partial charge in [-0.15, -0.1) is 0 Å². The Labute approximate surface area is 211 Å². The van der Waals surface area contributed by atoms with Crippen LogP contribution in [0, 0.1) is 0 Å². The minimum atomic E-state index is -4.83. The van der Waals surface area contributed by atoms with Crippen molar-refractivity contribution in [3.8, 4) is 5.75 Å². The molecule has 36 heavy (non-hydrogen) atoms. The molecule has 1 heterocycles. The number of carbonyl (C=O) groups is 3. The number of ketones is 1. The summed E-state index contributed by atoms with van der Waals surface area (Å²) in [6.07, 6.45) is 1.83. The first-order chi connectivity index (χ1) is 16.8. The van der Waals surface area contributed by atoms with Gasteiger partial charge in [-0.05, 0) is 59.1 Å². The van der Waals surface area contributed by atoms with Gasteiger partial charge in [0.25, 0.3) is 11.8 Å². The highest BCUT2D eigenvalue weighted by molar-refractivity contribution is 6.17. The third kappa shape index (κ3) is 5.39. The van der Waals surface area contributed by atoms with Crippen molar-refractivity contribution in [1.29, 1.82) is 0 Å². The summed E-state index contributed by atoms with van der Waals surface area (Å²) in [5.41, 5.74) is -3.46. The fraction of sp³-hybridized carbons (Fsp3) is 0.667. The number of carbonyl (C=O) groups excluding carboxylic acids is 3. The van der Waals surface area contributed by atoms with Gasteiger partial charge in [0.1, 0.15) is 5.75 Å². The van der Waals surface area contributed by atoms with Crippen molar-refractivity contribution in [2.75, 3.05) is 11.4 Å². The van der Waals surface area contributed by atoms with Gasteiger partial charge >= 0.3 is 6.18 Å². The van der Waals surface area contributed by atoms with Crippen LogP contribution in [0.3, 0.4) is 0 Å². The molecule has 0 spiro atoms. The summed E-state index contributed by atoms with van der Waals surface area (Å²) in [6.45, 7) is 8.28. The molecule has 6 nitrogen and oxygen atoms in total. The fourth-order valence-electron chi connectivity index (χ4n) is 5.19. The number of amides is 2. The molecule has 1 aromatic rings. The highest BCUT2D eigenvalue weighted by Crippen LogP contribution is 2.45. The van der Waals surface area contributed by atoms with Gasteiger partial charge in [-0.25, -0.2) is 0 Å². The highest BCUT2D eigenvalue weighted by Gasteiger charge is 2.50. The van der Waals surface area contributed by atoms with Crippen molar-refractivity contribution in [3.63, 3.8) is 0 Å². The number of unbranched alkanes of at least 4 members (excludes halogenated alkanes) is 2. The van der Waals surface area contributed by atoms with Gasteiger partial charge in [0.2, 0.25) is 5.60 Å². The van der Waals surface area contributed by atoms with E-state index in [1.807, 2.05) is 6.92 Å². The summed E-state index contributed by atoms with van der Waals surface area (Å²) in [7, 11) is 0. The van der Waals surface area contributed by atoms with Crippen LogP contribution in [0.4, 0.5) is 18.9 Å². The number of hydrogen-bond acceptors (Lipinski definition) is 4. The normalized spacial score (nSPS) is 20.8. The molecule has 3 rings (SSSR count). The van der Waals surface area contributed by atoms with Crippen molar-refractivity contribution in [3.05, 3.63) is 23.3 Å². The predicted octanol–water partition coefficient (Wildman–Crippen LogP) is 6.15. The molecule has 1 atom stereocenters. The lowest BCUT2D eigenvalue weighted by Crippen LogP contribution is -2.58. The Morgan fingerprint density at radius 2 is 1.81 bits per heavy atom. The van der Waals surface area contributed by atoms with Crippen molar-refractivity contribution >= 4 is 23.3 Å². The summed E-state index contributed by atoms with van der Waals surface area (Å²) in [6, 6.07) is 1.49. The molecule has 200 valence electrons. The molecule has 1 fully saturated rings. The minimum absolute atomic E-state index is 0.0959. The molecule has 0 radical (unpaired) electrons. The number of hydrogen-bond donors (Lipinski definition) is 0. The lowest BCUT2D eigenvalue weighted by atomic mass is 9.91. The lowest BCUT2D eigenvalue weighted by molar-refractivity contribution is -0.145. The standard InChI is InChI=1S/C27H37F3N2O4/c1-6-7-11-14-31-22-15-20(24(34)32(17(2)3)19-12-9-8-10-13-19)21(27(28,29)30)16-23(22)36-26(5,18(4)33)25(31)35/h15-17,19H,6-14H2,1-5H3. The number of nitrogens with zero attached hydrogens (tertiary/aromatic N) is 2. The Morgan fingerprint density at radius 3 is 2.33 bits per heavy atom. The van der Waals surface area contributed by atoms with Gasteiger partial charge in [0.05, 0.1) is 16.8 Å². The topological polar surface area (TPSA) is 66.9 Å². The molecule has 2 aliphatic rings. The summed E-state index contributed by atoms with van der Waals surface area (Å²) >= 11 is 0. The SMILES string of the molecule is CCCCCN1C(=O)C(C)(C(C)=O)Oc2cc(C(F)(F)F)c(C(=O)N(C(C)C)C3CCCCC3)cc21. The second kappa shape index (κ2) is 10.8. The number of alkyl halides is 3. The zero-order chi connectivity index (χ0) is 26.8. The van der Waals surface area contributed by atoms with E-state index in [4.69, 9.17) is 4.74 Å². The zero-order valence-electron chi connectivity index (χ0n) is 21.8. The van der Waals surface area contributed by atoms with Crippen molar-refractivity contribution in [2.24, 2.45) is 0 Å². The number of anilines is 1. The van der Waals surface area contributed by atoms with E-state index < -0.39 is 40.5 Å². The van der Waals surface area contributed by atoms with Gasteiger partial charge in [-0.3, -0.25) is 14.4 Å². The molecule has 0 aromatic heterocycles. The van der Waals surface area contributed by atoms with Gasteiger partial charge in [-0.1, -0.05) is 39.0 Å². The van der Waals surface area contributed by atoms with E-state index in [0.29, 0.717) is 6.42 Å². The molecule has 1 saturated carbocycles. The maximum atomic E-state index is 14.3. The van der Waals surface area contributed by atoms with Crippen LogP contribution in [0.25, 0.3) is 0 Å². The average molecular weight is 511 g/mol. The largest absolute Gasteiger partial charge is 0.468 e. The molecule has 1 aliphatic heterocycles. The monoisotopic (exact) mass is 510 g/mol. The molecule has 1 unspecified atom stereocenters. The number of halogens is 3. The van der Waals surface area contributed by atoms with E-state index in [1.54, 1.807) is 18.7 Å². The van der Waals surface area contributed by atoms with E-state index in [2.05, 4.69) is 0 Å². The Kier molecular flexibility index (Phi) is 8.41. The minimum Gasteiger partial charge on any atom is -0.468 e. The molecular weight excluding hydrogens is 473 g/mol. The third-order valence-corrected chi connectivity index (χ3v) is 7.31. The molecule has 1 aliphatic carbocycles. The maximum Gasteiger partial charge on any atom is 0.417 e. The van der Waals surface area contributed by atoms with Crippen LogP contribution in [0.5, 0.6) is 5.75 Å². The molecule has 2 amide bonds. The van der Waals surface area contributed by atoms with Crippen molar-refractivity contribution in [1.82, 2.24) is 4.90 Å². The summed E-state index contributed by atoms with van der Waals surface area (Å²) in [5, 5.41) is 0. The molecule has 0 N–H and O–H groups in total. The van der Waals surface area contributed by atoms with Crippen molar-refractivity contribution < 1.29 is 32.3 Å². The number of Topliss-reactive ketones (excluding diaryl/α,β-unsaturated/α-hetero) is 1.